The zero-order valence-electron chi connectivity index (χ0n) is 27.7. The minimum Gasteiger partial charge on any atom is -0.361 e. The first-order valence-corrected chi connectivity index (χ1v) is 17.6. The third-order valence-corrected chi connectivity index (χ3v) is 9.73. The molecule has 5 N–H and O–H groups in total. The molecule has 1 aromatic heterocycles. The molecule has 4 rings (SSSR count). The van der Waals surface area contributed by atoms with E-state index in [1.807, 2.05) is 51.2 Å². The van der Waals surface area contributed by atoms with E-state index in [4.69, 9.17) is 0 Å². The van der Waals surface area contributed by atoms with E-state index in [1.165, 1.54) is 24.3 Å². The molecule has 0 spiro atoms. The molecule has 2 atom stereocenters. The van der Waals surface area contributed by atoms with E-state index < -0.39 is 27.9 Å². The summed E-state index contributed by atoms with van der Waals surface area (Å²) < 4.78 is 43.4. The summed E-state index contributed by atoms with van der Waals surface area (Å²) in [5.74, 6) is -0.849. The van der Waals surface area contributed by atoms with Crippen LogP contribution in [0.5, 0.6) is 0 Å². The van der Waals surface area contributed by atoms with Crippen molar-refractivity contribution < 1.29 is 22.4 Å². The number of hydrogen-bond donors (Lipinski definition) is 5. The standard InChI is InChI=1S/C36H46FN5O4S/c1-6-8-11-24(7-2)22-39-34(43)33(20-25-23-38-31-13-10-9-12-29(25)31)41-35(44)40-32-19-16-27(21-30(32)37)42-47(45,46)28-17-14-26(15-18-28)36(3,4)5/h9-10,12-19,21,23-24,33,38,42H,6-8,11,20,22H2,1-5H3,(H,39,43)(H2,40,41,44)/t24?,33-/m1/s1. The second-order valence-corrected chi connectivity index (χ2v) is 14.6. The maximum Gasteiger partial charge on any atom is 0.319 e. The molecule has 0 bridgehead atoms. The number of para-hydroxylation sites is 1. The SMILES string of the molecule is CCCCC(CC)CNC(=O)[C@@H](Cc1c[nH]c2ccccc12)NC(=O)Nc1ccc(NS(=O)(=O)c2ccc(C(C)(C)C)cc2)cc1F. The van der Waals surface area contributed by atoms with Crippen molar-refractivity contribution in [3.05, 3.63) is 89.9 Å². The van der Waals surface area contributed by atoms with E-state index in [1.54, 1.807) is 12.1 Å². The highest BCUT2D eigenvalue weighted by molar-refractivity contribution is 7.92. The van der Waals surface area contributed by atoms with E-state index >= 15 is 4.39 Å². The molecule has 3 amide bonds. The summed E-state index contributed by atoms with van der Waals surface area (Å²) in [7, 11) is -3.98. The Morgan fingerprint density at radius 3 is 2.36 bits per heavy atom. The molecule has 0 radical (unpaired) electrons. The van der Waals surface area contributed by atoms with Crippen molar-refractivity contribution in [1.82, 2.24) is 15.6 Å². The van der Waals surface area contributed by atoms with Crippen molar-refractivity contribution >= 4 is 44.2 Å². The summed E-state index contributed by atoms with van der Waals surface area (Å²) in [6.07, 6.45) is 6.11. The molecule has 1 unspecified atom stereocenters. The van der Waals surface area contributed by atoms with E-state index in [0.29, 0.717) is 12.5 Å². The minimum absolute atomic E-state index is 0.00139. The zero-order chi connectivity index (χ0) is 34.2. The molecule has 0 aliphatic heterocycles. The van der Waals surface area contributed by atoms with Gasteiger partial charge in [-0.25, -0.2) is 17.6 Å². The Morgan fingerprint density at radius 2 is 1.70 bits per heavy atom. The second-order valence-electron chi connectivity index (χ2n) is 13.0. The molecule has 252 valence electrons. The van der Waals surface area contributed by atoms with Crippen LogP contribution in [0.25, 0.3) is 10.9 Å². The number of carbonyl (C=O) groups is 2. The van der Waals surface area contributed by atoms with Crippen LogP contribution in [0.4, 0.5) is 20.6 Å². The number of hydrogen-bond acceptors (Lipinski definition) is 4. The first-order chi connectivity index (χ1) is 22.3. The van der Waals surface area contributed by atoms with Crippen LogP contribution in [0.15, 0.2) is 77.8 Å². The first kappa shape index (κ1) is 35.5. The number of H-pyrrole nitrogens is 1. The molecule has 0 saturated heterocycles. The van der Waals surface area contributed by atoms with Gasteiger partial charge >= 0.3 is 6.03 Å². The lowest BCUT2D eigenvalue weighted by atomic mass is 9.87. The number of nitrogens with one attached hydrogen (secondary N) is 5. The lowest BCUT2D eigenvalue weighted by Crippen LogP contribution is -2.50. The van der Waals surface area contributed by atoms with Crippen molar-refractivity contribution in [2.75, 3.05) is 16.6 Å². The van der Waals surface area contributed by atoms with E-state index in [9.17, 15) is 18.0 Å². The predicted molar refractivity (Wildman–Crippen MR) is 187 cm³/mol. The van der Waals surface area contributed by atoms with Crippen molar-refractivity contribution in [2.45, 2.75) is 83.1 Å². The van der Waals surface area contributed by atoms with Gasteiger partial charge in [-0.3, -0.25) is 9.52 Å². The van der Waals surface area contributed by atoms with Crippen LogP contribution in [-0.2, 0) is 26.7 Å². The van der Waals surface area contributed by atoms with Gasteiger partial charge in [-0.2, -0.15) is 0 Å². The zero-order valence-corrected chi connectivity index (χ0v) is 28.6. The fourth-order valence-corrected chi connectivity index (χ4v) is 6.44. The molecule has 9 nitrogen and oxygen atoms in total. The number of fused-ring (bicyclic) bond motifs is 1. The largest absolute Gasteiger partial charge is 0.361 e. The Kier molecular flexibility index (Phi) is 11.7. The van der Waals surface area contributed by atoms with Gasteiger partial charge in [0.2, 0.25) is 5.91 Å². The highest BCUT2D eigenvalue weighted by Gasteiger charge is 2.24. The quantitative estimate of drug-likeness (QED) is 0.0958. The van der Waals surface area contributed by atoms with Crippen LogP contribution in [0.3, 0.4) is 0 Å². The number of aromatic amines is 1. The van der Waals surface area contributed by atoms with E-state index in [-0.39, 0.29) is 34.0 Å². The number of sulfonamides is 1. The van der Waals surface area contributed by atoms with Crippen molar-refractivity contribution in [1.29, 1.82) is 0 Å². The summed E-state index contributed by atoms with van der Waals surface area (Å²) >= 11 is 0. The molecule has 47 heavy (non-hydrogen) atoms. The maximum absolute atomic E-state index is 15.1. The van der Waals surface area contributed by atoms with Crippen LogP contribution < -0.4 is 20.7 Å². The fourth-order valence-electron chi connectivity index (χ4n) is 5.39. The highest BCUT2D eigenvalue weighted by Crippen LogP contribution is 2.26. The Balaban J connectivity index is 1.45. The number of benzene rings is 3. The molecular weight excluding hydrogens is 617 g/mol. The topological polar surface area (TPSA) is 132 Å². The van der Waals surface area contributed by atoms with Gasteiger partial charge in [0, 0.05) is 36.1 Å². The molecular formula is C36H46FN5O4S. The van der Waals surface area contributed by atoms with Gasteiger partial charge in [-0.1, -0.05) is 84.2 Å². The minimum atomic E-state index is -3.98. The first-order valence-electron chi connectivity index (χ1n) is 16.1. The van der Waals surface area contributed by atoms with Crippen molar-refractivity contribution in [3.63, 3.8) is 0 Å². The molecule has 3 aromatic carbocycles. The van der Waals surface area contributed by atoms with E-state index in [0.717, 1.165) is 53.8 Å². The number of urea groups is 1. The van der Waals surface area contributed by atoms with Crippen molar-refractivity contribution in [2.24, 2.45) is 5.92 Å². The molecule has 0 aliphatic rings. The molecule has 0 saturated carbocycles. The highest BCUT2D eigenvalue weighted by atomic mass is 32.2. The number of anilines is 2. The molecule has 0 fully saturated rings. The van der Waals surface area contributed by atoms with Gasteiger partial charge in [0.15, 0.2) is 0 Å². The van der Waals surface area contributed by atoms with Gasteiger partial charge in [0.05, 0.1) is 16.3 Å². The van der Waals surface area contributed by atoms with Gasteiger partial charge in [0.25, 0.3) is 10.0 Å². The molecule has 4 aromatic rings. The number of halogens is 1. The lowest BCUT2D eigenvalue weighted by molar-refractivity contribution is -0.123. The number of amides is 3. The predicted octanol–water partition coefficient (Wildman–Crippen LogP) is 7.47. The number of unbranched alkanes of at least 4 members (excludes halogenated alkanes) is 1. The monoisotopic (exact) mass is 663 g/mol. The third kappa shape index (κ3) is 9.57. The third-order valence-electron chi connectivity index (χ3n) is 8.33. The molecule has 0 aliphatic carbocycles. The number of aromatic nitrogens is 1. The maximum atomic E-state index is 15.1. The molecule has 1 heterocycles. The van der Waals surface area contributed by atoms with Crippen LogP contribution in [0, 0.1) is 11.7 Å². The second kappa shape index (κ2) is 15.5. The number of rotatable bonds is 14. The average molecular weight is 664 g/mol. The Labute approximate surface area is 277 Å². The van der Waals surface area contributed by atoms with E-state index in [2.05, 4.69) is 39.5 Å². The normalized spacial score (nSPS) is 13.1. The Morgan fingerprint density at radius 1 is 0.979 bits per heavy atom. The Hall–Kier alpha value is -4.38. The fraction of sp³-hybridized carbons (Fsp3) is 0.389. The van der Waals surface area contributed by atoms with Gasteiger partial charge in [0.1, 0.15) is 11.9 Å². The summed E-state index contributed by atoms with van der Waals surface area (Å²) in [5.41, 5.74) is 2.44. The van der Waals surface area contributed by atoms with Crippen LogP contribution in [0.2, 0.25) is 0 Å². The smallest absolute Gasteiger partial charge is 0.319 e. The summed E-state index contributed by atoms with van der Waals surface area (Å²) in [6.45, 7) is 10.8. The summed E-state index contributed by atoms with van der Waals surface area (Å²) in [5, 5.41) is 9.13. The summed E-state index contributed by atoms with van der Waals surface area (Å²) in [4.78, 5) is 29.8. The van der Waals surface area contributed by atoms with Gasteiger partial charge < -0.3 is 20.9 Å². The Bertz CT molecular complexity index is 1780. The number of carbonyl (C=O) groups excluding carboxylic acids is 2. The average Bonchev–Trinajstić information content (AvgIpc) is 3.44. The van der Waals surface area contributed by atoms with Gasteiger partial charge in [-0.05, 0) is 59.2 Å². The van der Waals surface area contributed by atoms with Crippen LogP contribution in [0.1, 0.15) is 71.4 Å². The van der Waals surface area contributed by atoms with Crippen molar-refractivity contribution in [3.8, 4) is 0 Å². The lowest BCUT2D eigenvalue weighted by Gasteiger charge is -2.21. The van der Waals surface area contributed by atoms with Crippen LogP contribution in [-0.4, -0.2) is 37.9 Å². The summed E-state index contributed by atoms with van der Waals surface area (Å²) in [6, 6.07) is 16.1. The van der Waals surface area contributed by atoms with Crippen LogP contribution >= 0.6 is 0 Å². The molecule has 11 heteroatoms. The van der Waals surface area contributed by atoms with Gasteiger partial charge in [-0.15, -0.1) is 0 Å².